The lowest BCUT2D eigenvalue weighted by Gasteiger charge is -2.30. The van der Waals surface area contributed by atoms with E-state index in [0.29, 0.717) is 31.7 Å². The highest BCUT2D eigenvalue weighted by atomic mass is 16.4. The second kappa shape index (κ2) is 6.36. The summed E-state index contributed by atoms with van der Waals surface area (Å²) in [6.07, 6.45) is 4.15. The van der Waals surface area contributed by atoms with Gasteiger partial charge in [-0.1, -0.05) is 0 Å². The maximum absolute atomic E-state index is 12.1. The molecule has 1 atom stereocenters. The van der Waals surface area contributed by atoms with Crippen molar-refractivity contribution in [3.63, 3.8) is 0 Å². The van der Waals surface area contributed by atoms with Crippen LogP contribution in [-0.4, -0.2) is 45.8 Å². The van der Waals surface area contributed by atoms with E-state index in [4.69, 9.17) is 5.11 Å². The van der Waals surface area contributed by atoms with Gasteiger partial charge in [0, 0.05) is 32.3 Å². The van der Waals surface area contributed by atoms with Gasteiger partial charge in [0.2, 0.25) is 5.91 Å². The number of piperidine rings is 1. The molecule has 6 heteroatoms. The molecular weight excluding hydrogens is 260 g/mol. The second-order valence-corrected chi connectivity index (χ2v) is 5.01. The first kappa shape index (κ1) is 14.3. The lowest BCUT2D eigenvalue weighted by molar-refractivity contribution is -0.145. The summed E-state index contributed by atoms with van der Waals surface area (Å²) >= 11 is 0. The van der Waals surface area contributed by atoms with Gasteiger partial charge in [-0.2, -0.15) is 0 Å². The molecule has 1 fully saturated rings. The van der Waals surface area contributed by atoms with Crippen molar-refractivity contribution in [2.24, 2.45) is 5.92 Å². The van der Waals surface area contributed by atoms with Crippen LogP contribution in [0.3, 0.4) is 0 Å². The third kappa shape index (κ3) is 3.26. The van der Waals surface area contributed by atoms with E-state index in [0.717, 1.165) is 12.7 Å². The van der Waals surface area contributed by atoms with E-state index in [1.807, 2.05) is 0 Å². The van der Waals surface area contributed by atoms with Crippen LogP contribution in [0, 0.1) is 5.92 Å². The van der Waals surface area contributed by atoms with Crippen LogP contribution in [-0.2, 0) is 16.1 Å². The molecule has 1 N–H and O–H groups in total. The van der Waals surface area contributed by atoms with Crippen molar-refractivity contribution in [1.82, 2.24) is 9.47 Å². The lowest BCUT2D eigenvalue weighted by Crippen LogP contribution is -2.42. The topological polar surface area (TPSA) is 79.6 Å². The second-order valence-electron chi connectivity index (χ2n) is 5.01. The highest BCUT2D eigenvalue weighted by molar-refractivity contribution is 5.78. The van der Waals surface area contributed by atoms with E-state index in [2.05, 4.69) is 0 Å². The van der Waals surface area contributed by atoms with Crippen molar-refractivity contribution in [3.05, 3.63) is 24.0 Å². The predicted molar refractivity (Wildman–Crippen MR) is 71.4 cm³/mol. The molecule has 1 aliphatic rings. The monoisotopic (exact) mass is 278 g/mol. The van der Waals surface area contributed by atoms with Gasteiger partial charge in [0.15, 0.2) is 6.29 Å². The molecular formula is C14H18N2O4. The SMILES string of the molecule is O=Cc1cccn1CCC(=O)N1CCCC(C(=O)O)C1. The van der Waals surface area contributed by atoms with Gasteiger partial charge in [-0.3, -0.25) is 14.4 Å². The van der Waals surface area contributed by atoms with Crippen molar-refractivity contribution in [1.29, 1.82) is 0 Å². The Bertz CT molecular complexity index is 509. The fraction of sp³-hybridized carbons (Fsp3) is 0.500. The average molecular weight is 278 g/mol. The lowest BCUT2D eigenvalue weighted by atomic mass is 9.98. The first-order valence-corrected chi connectivity index (χ1v) is 6.72. The number of carbonyl (C=O) groups is 3. The van der Waals surface area contributed by atoms with Crippen molar-refractivity contribution in [2.45, 2.75) is 25.8 Å². The molecule has 20 heavy (non-hydrogen) atoms. The minimum absolute atomic E-state index is 0.0542. The molecule has 1 aromatic rings. The number of aryl methyl sites for hydroxylation is 1. The van der Waals surface area contributed by atoms with Gasteiger partial charge in [-0.05, 0) is 25.0 Å². The summed E-state index contributed by atoms with van der Waals surface area (Å²) in [5.74, 6) is -1.34. The van der Waals surface area contributed by atoms with Crippen molar-refractivity contribution in [3.8, 4) is 0 Å². The first-order valence-electron chi connectivity index (χ1n) is 6.72. The Kier molecular flexibility index (Phi) is 4.55. The van der Waals surface area contributed by atoms with Crippen LogP contribution < -0.4 is 0 Å². The molecule has 0 aliphatic carbocycles. The molecule has 0 aromatic carbocycles. The van der Waals surface area contributed by atoms with Gasteiger partial charge >= 0.3 is 5.97 Å². The van der Waals surface area contributed by atoms with Crippen LogP contribution in [0.25, 0.3) is 0 Å². The molecule has 2 rings (SSSR count). The summed E-state index contributed by atoms with van der Waals surface area (Å²) in [5.41, 5.74) is 0.542. The Hall–Kier alpha value is -2.11. The Balaban J connectivity index is 1.88. The number of carboxylic acid groups (broad SMARTS) is 1. The largest absolute Gasteiger partial charge is 0.481 e. The summed E-state index contributed by atoms with van der Waals surface area (Å²) in [6.45, 7) is 1.35. The van der Waals surface area contributed by atoms with Crippen LogP contribution in [0.4, 0.5) is 0 Å². The van der Waals surface area contributed by atoms with Gasteiger partial charge in [-0.25, -0.2) is 0 Å². The molecule has 6 nitrogen and oxygen atoms in total. The molecule has 1 unspecified atom stereocenters. The Morgan fingerprint density at radius 1 is 1.45 bits per heavy atom. The number of hydrogen-bond acceptors (Lipinski definition) is 3. The first-order chi connectivity index (χ1) is 9.61. The number of rotatable bonds is 5. The highest BCUT2D eigenvalue weighted by Gasteiger charge is 2.27. The Morgan fingerprint density at radius 2 is 2.25 bits per heavy atom. The van der Waals surface area contributed by atoms with Crippen molar-refractivity contribution >= 4 is 18.2 Å². The molecule has 0 radical (unpaired) electrons. The maximum Gasteiger partial charge on any atom is 0.308 e. The van der Waals surface area contributed by atoms with Crippen LogP contribution in [0.2, 0.25) is 0 Å². The quantitative estimate of drug-likeness (QED) is 0.815. The number of aldehydes is 1. The zero-order valence-corrected chi connectivity index (χ0v) is 11.2. The molecule has 0 bridgehead atoms. The number of carbonyl (C=O) groups excluding carboxylic acids is 2. The fourth-order valence-corrected chi connectivity index (χ4v) is 2.52. The summed E-state index contributed by atoms with van der Waals surface area (Å²) in [7, 11) is 0. The van der Waals surface area contributed by atoms with Gasteiger partial charge in [0.1, 0.15) is 0 Å². The third-order valence-electron chi connectivity index (χ3n) is 3.68. The molecule has 1 aromatic heterocycles. The van der Waals surface area contributed by atoms with Gasteiger partial charge in [-0.15, -0.1) is 0 Å². The van der Waals surface area contributed by atoms with Crippen LogP contribution >= 0.6 is 0 Å². The van der Waals surface area contributed by atoms with E-state index in [1.165, 1.54) is 0 Å². The van der Waals surface area contributed by atoms with Crippen LogP contribution in [0.5, 0.6) is 0 Å². The predicted octanol–water partition coefficient (Wildman–Crippen LogP) is 1.01. The van der Waals surface area contributed by atoms with Gasteiger partial charge in [0.25, 0.3) is 0 Å². The normalized spacial score (nSPS) is 18.8. The molecule has 108 valence electrons. The summed E-state index contributed by atoms with van der Waals surface area (Å²) in [4.78, 5) is 35.5. The van der Waals surface area contributed by atoms with E-state index < -0.39 is 11.9 Å². The van der Waals surface area contributed by atoms with Gasteiger partial charge < -0.3 is 14.6 Å². The van der Waals surface area contributed by atoms with Crippen LogP contribution in [0.15, 0.2) is 18.3 Å². The summed E-state index contributed by atoms with van der Waals surface area (Å²) < 4.78 is 1.73. The minimum atomic E-state index is -0.837. The maximum atomic E-state index is 12.1. The third-order valence-corrected chi connectivity index (χ3v) is 3.68. The van der Waals surface area contributed by atoms with Gasteiger partial charge in [0.05, 0.1) is 11.6 Å². The number of nitrogens with zero attached hydrogens (tertiary/aromatic N) is 2. The van der Waals surface area contributed by atoms with E-state index in [9.17, 15) is 14.4 Å². The standard InChI is InChI=1S/C14H18N2O4/c17-10-12-4-2-6-15(12)8-5-13(18)16-7-1-3-11(9-16)14(19)20/h2,4,6,10-11H,1,3,5,7-9H2,(H,19,20). The number of amides is 1. The Labute approximate surface area is 117 Å². The van der Waals surface area contributed by atoms with Crippen LogP contribution in [0.1, 0.15) is 29.8 Å². The summed E-state index contributed by atoms with van der Waals surface area (Å²) in [6, 6.07) is 3.45. The molecule has 1 saturated heterocycles. The van der Waals surface area contributed by atoms with Crippen molar-refractivity contribution < 1.29 is 19.5 Å². The average Bonchev–Trinajstić information content (AvgIpc) is 2.92. The van der Waals surface area contributed by atoms with E-state index in [-0.39, 0.29) is 12.3 Å². The highest BCUT2D eigenvalue weighted by Crippen LogP contribution is 2.17. The zero-order chi connectivity index (χ0) is 14.5. The van der Waals surface area contributed by atoms with E-state index in [1.54, 1.807) is 27.8 Å². The number of carboxylic acids is 1. The summed E-state index contributed by atoms with van der Waals surface area (Å²) in [5, 5.41) is 9.01. The zero-order valence-electron chi connectivity index (χ0n) is 11.2. The molecule has 0 saturated carbocycles. The Morgan fingerprint density at radius 3 is 2.95 bits per heavy atom. The molecule has 1 aliphatic heterocycles. The number of aromatic nitrogens is 1. The van der Waals surface area contributed by atoms with E-state index >= 15 is 0 Å². The smallest absolute Gasteiger partial charge is 0.308 e. The number of likely N-dealkylation sites (tertiary alicyclic amines) is 1. The molecule has 0 spiro atoms. The van der Waals surface area contributed by atoms with Crippen molar-refractivity contribution in [2.75, 3.05) is 13.1 Å². The number of hydrogen-bond donors (Lipinski definition) is 1. The number of aliphatic carboxylic acids is 1. The minimum Gasteiger partial charge on any atom is -0.481 e. The molecule has 2 heterocycles. The fourth-order valence-electron chi connectivity index (χ4n) is 2.52. The molecule has 1 amide bonds.